The summed E-state index contributed by atoms with van der Waals surface area (Å²) < 4.78 is 4.96. The molecule has 1 atom stereocenters. The molecule has 0 saturated carbocycles. The van der Waals surface area contributed by atoms with E-state index in [4.69, 9.17) is 9.57 Å². The molecular weight excluding hydrogens is 142 g/mol. The van der Waals surface area contributed by atoms with E-state index < -0.39 is 0 Å². The van der Waals surface area contributed by atoms with Gasteiger partial charge < -0.3 is 9.57 Å². The predicted octanol–water partition coefficient (Wildman–Crippen LogP) is 1.43. The van der Waals surface area contributed by atoms with Crippen molar-refractivity contribution in [1.29, 1.82) is 0 Å². The van der Waals surface area contributed by atoms with Gasteiger partial charge in [0.2, 0.25) is 0 Å². The fraction of sp³-hybridized carbons (Fsp3) is 0.875. The summed E-state index contributed by atoms with van der Waals surface area (Å²) in [6, 6.07) is 0. The van der Waals surface area contributed by atoms with Crippen LogP contribution in [0.1, 0.15) is 20.3 Å². The Bertz CT molecular complexity index is 154. The van der Waals surface area contributed by atoms with Crippen LogP contribution in [0.4, 0.5) is 0 Å². The SMILES string of the molecule is COC[C@@H]1CC(C(C)C)=NO1. The molecule has 0 N–H and O–H groups in total. The van der Waals surface area contributed by atoms with E-state index in [-0.39, 0.29) is 6.10 Å². The van der Waals surface area contributed by atoms with Gasteiger partial charge in [0.15, 0.2) is 6.10 Å². The molecule has 0 amide bonds. The van der Waals surface area contributed by atoms with Gasteiger partial charge in [0.05, 0.1) is 12.3 Å². The molecule has 64 valence electrons. The Morgan fingerprint density at radius 1 is 1.73 bits per heavy atom. The van der Waals surface area contributed by atoms with Crippen LogP contribution in [-0.2, 0) is 9.57 Å². The minimum atomic E-state index is 0.150. The molecule has 1 aliphatic rings. The average Bonchev–Trinajstić information content (AvgIpc) is 2.37. The number of oxime groups is 1. The van der Waals surface area contributed by atoms with E-state index in [2.05, 4.69) is 19.0 Å². The maximum Gasteiger partial charge on any atom is 0.156 e. The van der Waals surface area contributed by atoms with Gasteiger partial charge in [-0.15, -0.1) is 0 Å². The molecule has 3 heteroatoms. The zero-order valence-electron chi connectivity index (χ0n) is 7.33. The van der Waals surface area contributed by atoms with E-state index >= 15 is 0 Å². The van der Waals surface area contributed by atoms with Gasteiger partial charge in [0.1, 0.15) is 0 Å². The van der Waals surface area contributed by atoms with Crippen molar-refractivity contribution in [3.8, 4) is 0 Å². The van der Waals surface area contributed by atoms with Gasteiger partial charge in [-0.05, 0) is 5.92 Å². The van der Waals surface area contributed by atoms with Crippen LogP contribution >= 0.6 is 0 Å². The first-order chi connectivity index (χ1) is 5.24. The first-order valence-electron chi connectivity index (χ1n) is 3.95. The number of rotatable bonds is 3. The number of hydrogen-bond acceptors (Lipinski definition) is 3. The maximum absolute atomic E-state index is 5.13. The highest BCUT2D eigenvalue weighted by molar-refractivity contribution is 5.87. The number of hydrogen-bond donors (Lipinski definition) is 0. The second kappa shape index (κ2) is 3.72. The molecule has 0 aromatic rings. The molecule has 0 fully saturated rings. The summed E-state index contributed by atoms with van der Waals surface area (Å²) in [6.07, 6.45) is 1.07. The van der Waals surface area contributed by atoms with Crippen LogP contribution in [0.25, 0.3) is 0 Å². The van der Waals surface area contributed by atoms with Gasteiger partial charge in [-0.2, -0.15) is 0 Å². The van der Waals surface area contributed by atoms with Crippen molar-refractivity contribution in [1.82, 2.24) is 0 Å². The van der Waals surface area contributed by atoms with E-state index in [0.717, 1.165) is 12.1 Å². The zero-order chi connectivity index (χ0) is 8.27. The van der Waals surface area contributed by atoms with Crippen molar-refractivity contribution >= 4 is 5.71 Å². The highest BCUT2D eigenvalue weighted by Gasteiger charge is 2.22. The molecule has 0 unspecified atom stereocenters. The molecule has 0 saturated heterocycles. The summed E-state index contributed by atoms with van der Waals surface area (Å²) in [4.78, 5) is 5.13. The van der Waals surface area contributed by atoms with Crippen LogP contribution in [0, 0.1) is 5.92 Å². The molecule has 1 aliphatic heterocycles. The molecule has 0 radical (unpaired) electrons. The molecule has 0 bridgehead atoms. The highest BCUT2D eigenvalue weighted by Crippen LogP contribution is 2.15. The first kappa shape index (κ1) is 8.53. The Morgan fingerprint density at radius 2 is 2.45 bits per heavy atom. The van der Waals surface area contributed by atoms with Gasteiger partial charge in [-0.3, -0.25) is 0 Å². The molecule has 1 heterocycles. The molecule has 0 aromatic heterocycles. The lowest BCUT2D eigenvalue weighted by atomic mass is 10.0. The average molecular weight is 157 g/mol. The molecule has 0 aromatic carbocycles. The summed E-state index contributed by atoms with van der Waals surface area (Å²) in [6.45, 7) is 4.88. The second-order valence-corrected chi connectivity index (χ2v) is 3.12. The molecule has 0 aliphatic carbocycles. The minimum absolute atomic E-state index is 0.150. The lowest BCUT2D eigenvalue weighted by Gasteiger charge is -2.05. The molecule has 1 rings (SSSR count). The molecular formula is C8H15NO2. The fourth-order valence-electron chi connectivity index (χ4n) is 1.07. The van der Waals surface area contributed by atoms with E-state index in [9.17, 15) is 0 Å². The van der Waals surface area contributed by atoms with Crippen molar-refractivity contribution in [3.63, 3.8) is 0 Å². The van der Waals surface area contributed by atoms with Gasteiger partial charge in [0, 0.05) is 13.5 Å². The molecule has 3 nitrogen and oxygen atoms in total. The number of nitrogens with zero attached hydrogens (tertiary/aromatic N) is 1. The largest absolute Gasteiger partial charge is 0.390 e. The number of ether oxygens (including phenoxy) is 1. The zero-order valence-corrected chi connectivity index (χ0v) is 7.33. The second-order valence-electron chi connectivity index (χ2n) is 3.12. The Kier molecular flexibility index (Phi) is 2.88. The van der Waals surface area contributed by atoms with Gasteiger partial charge >= 0.3 is 0 Å². The van der Waals surface area contributed by atoms with Crippen molar-refractivity contribution in [3.05, 3.63) is 0 Å². The topological polar surface area (TPSA) is 30.8 Å². The third-order valence-electron chi connectivity index (χ3n) is 1.77. The van der Waals surface area contributed by atoms with Crippen LogP contribution in [-0.4, -0.2) is 25.5 Å². The summed E-state index contributed by atoms with van der Waals surface area (Å²) >= 11 is 0. The van der Waals surface area contributed by atoms with Crippen molar-refractivity contribution in [2.75, 3.05) is 13.7 Å². The lowest BCUT2D eigenvalue weighted by Crippen LogP contribution is -2.16. The van der Waals surface area contributed by atoms with Crippen LogP contribution in [0.5, 0.6) is 0 Å². The monoisotopic (exact) mass is 157 g/mol. The molecule has 0 spiro atoms. The summed E-state index contributed by atoms with van der Waals surface area (Å²) in [5, 5.41) is 3.97. The summed E-state index contributed by atoms with van der Waals surface area (Å²) in [7, 11) is 1.68. The minimum Gasteiger partial charge on any atom is -0.390 e. The smallest absolute Gasteiger partial charge is 0.156 e. The quantitative estimate of drug-likeness (QED) is 0.620. The third-order valence-corrected chi connectivity index (χ3v) is 1.77. The maximum atomic E-state index is 5.13. The highest BCUT2D eigenvalue weighted by atomic mass is 16.7. The lowest BCUT2D eigenvalue weighted by molar-refractivity contribution is 0.0208. The van der Waals surface area contributed by atoms with Crippen molar-refractivity contribution in [2.45, 2.75) is 26.4 Å². The Hall–Kier alpha value is -0.570. The normalized spacial score (nSPS) is 23.6. The van der Waals surface area contributed by atoms with Crippen LogP contribution in [0.3, 0.4) is 0 Å². The summed E-state index contributed by atoms with van der Waals surface area (Å²) in [5.74, 6) is 0.497. The first-order valence-corrected chi connectivity index (χ1v) is 3.95. The number of methoxy groups -OCH3 is 1. The van der Waals surface area contributed by atoms with Crippen LogP contribution in [0.15, 0.2) is 5.16 Å². The summed E-state index contributed by atoms with van der Waals surface area (Å²) in [5.41, 5.74) is 1.15. The Balaban J connectivity index is 2.31. The third kappa shape index (κ3) is 2.19. The van der Waals surface area contributed by atoms with Gasteiger partial charge in [-0.1, -0.05) is 19.0 Å². The van der Waals surface area contributed by atoms with Crippen LogP contribution < -0.4 is 0 Å². The van der Waals surface area contributed by atoms with Gasteiger partial charge in [-0.25, -0.2) is 0 Å². The van der Waals surface area contributed by atoms with E-state index in [1.807, 2.05) is 0 Å². The Labute approximate surface area is 67.4 Å². The Morgan fingerprint density at radius 3 is 2.91 bits per heavy atom. The van der Waals surface area contributed by atoms with Crippen molar-refractivity contribution < 1.29 is 9.57 Å². The fourth-order valence-corrected chi connectivity index (χ4v) is 1.07. The van der Waals surface area contributed by atoms with Crippen LogP contribution in [0.2, 0.25) is 0 Å². The van der Waals surface area contributed by atoms with E-state index in [1.165, 1.54) is 0 Å². The van der Waals surface area contributed by atoms with Gasteiger partial charge in [0.25, 0.3) is 0 Å². The predicted molar refractivity (Wildman–Crippen MR) is 43.6 cm³/mol. The molecule has 11 heavy (non-hydrogen) atoms. The van der Waals surface area contributed by atoms with Crippen molar-refractivity contribution in [2.24, 2.45) is 11.1 Å². The van der Waals surface area contributed by atoms with E-state index in [1.54, 1.807) is 7.11 Å². The standard InChI is InChI=1S/C8H15NO2/c1-6(2)8-4-7(5-10-3)11-9-8/h6-7H,4-5H2,1-3H3/t7-/m0/s1. The van der Waals surface area contributed by atoms with E-state index in [0.29, 0.717) is 12.5 Å².